The smallest absolute Gasteiger partial charge is 0.387 e. The molecule has 21 heavy (non-hydrogen) atoms. The predicted octanol–water partition coefficient (Wildman–Crippen LogP) is 5.50. The van der Waals surface area contributed by atoms with E-state index in [0.29, 0.717) is 5.02 Å². The minimum atomic E-state index is -2.80. The van der Waals surface area contributed by atoms with Gasteiger partial charge in [-0.05, 0) is 48.4 Å². The second-order valence-electron chi connectivity index (χ2n) is 4.56. The van der Waals surface area contributed by atoms with Gasteiger partial charge in [0.2, 0.25) is 0 Å². The number of anilines is 1. The first-order valence-electron chi connectivity index (χ1n) is 6.65. The van der Waals surface area contributed by atoms with Crippen molar-refractivity contribution in [3.8, 4) is 5.75 Å². The lowest BCUT2D eigenvalue weighted by molar-refractivity contribution is -0.0498. The molecule has 1 N–H and O–H groups in total. The van der Waals surface area contributed by atoms with Crippen LogP contribution >= 0.6 is 11.6 Å². The van der Waals surface area contributed by atoms with Crippen LogP contribution in [0.4, 0.5) is 14.5 Å². The summed E-state index contributed by atoms with van der Waals surface area (Å²) in [6.45, 7) is -0.734. The third-order valence-electron chi connectivity index (χ3n) is 3.10. The highest BCUT2D eigenvalue weighted by Crippen LogP contribution is 2.25. The van der Waals surface area contributed by atoms with Crippen molar-refractivity contribution in [2.45, 2.75) is 26.0 Å². The van der Waals surface area contributed by atoms with E-state index >= 15 is 0 Å². The zero-order chi connectivity index (χ0) is 15.2. The Hall–Kier alpha value is -1.81. The maximum absolute atomic E-state index is 12.1. The fourth-order valence-corrected chi connectivity index (χ4v) is 2.18. The summed E-state index contributed by atoms with van der Waals surface area (Å²) in [5.41, 5.74) is 1.97. The fourth-order valence-electron chi connectivity index (χ4n) is 2.05. The van der Waals surface area contributed by atoms with Crippen molar-refractivity contribution in [3.63, 3.8) is 0 Å². The monoisotopic (exact) mass is 311 g/mol. The summed E-state index contributed by atoms with van der Waals surface area (Å²) < 4.78 is 28.5. The summed E-state index contributed by atoms with van der Waals surface area (Å²) in [4.78, 5) is 0. The average molecular weight is 312 g/mol. The molecule has 2 aromatic rings. The lowest BCUT2D eigenvalue weighted by atomic mass is 10.0. The molecule has 0 bridgehead atoms. The van der Waals surface area contributed by atoms with Gasteiger partial charge >= 0.3 is 6.61 Å². The number of rotatable bonds is 6. The predicted molar refractivity (Wildman–Crippen MR) is 81.2 cm³/mol. The van der Waals surface area contributed by atoms with E-state index in [1.807, 2.05) is 24.3 Å². The first-order chi connectivity index (χ1) is 10.1. The lowest BCUT2D eigenvalue weighted by Gasteiger charge is -2.19. The molecule has 0 radical (unpaired) electrons. The highest BCUT2D eigenvalue weighted by molar-refractivity contribution is 6.30. The van der Waals surface area contributed by atoms with Gasteiger partial charge in [-0.1, -0.05) is 30.7 Å². The van der Waals surface area contributed by atoms with Gasteiger partial charge in [0.05, 0.1) is 6.04 Å². The second-order valence-corrected chi connectivity index (χ2v) is 5.00. The van der Waals surface area contributed by atoms with Crippen molar-refractivity contribution in [1.29, 1.82) is 0 Å². The first kappa shape index (κ1) is 15.6. The van der Waals surface area contributed by atoms with Crippen molar-refractivity contribution >= 4 is 17.3 Å². The van der Waals surface area contributed by atoms with Crippen LogP contribution in [0.15, 0.2) is 48.5 Å². The minimum Gasteiger partial charge on any atom is -0.435 e. The van der Waals surface area contributed by atoms with Crippen molar-refractivity contribution in [3.05, 3.63) is 59.1 Å². The van der Waals surface area contributed by atoms with Gasteiger partial charge in [-0.15, -0.1) is 0 Å². The highest BCUT2D eigenvalue weighted by Gasteiger charge is 2.09. The van der Waals surface area contributed by atoms with Crippen LogP contribution in [0.3, 0.4) is 0 Å². The summed E-state index contributed by atoms with van der Waals surface area (Å²) in [6.07, 6.45) is 0.886. The molecular formula is C16H16ClF2NO. The molecular weight excluding hydrogens is 296 g/mol. The Morgan fingerprint density at radius 1 is 1.05 bits per heavy atom. The Morgan fingerprint density at radius 3 is 2.19 bits per heavy atom. The van der Waals surface area contributed by atoms with Crippen molar-refractivity contribution in [1.82, 2.24) is 0 Å². The summed E-state index contributed by atoms with van der Waals surface area (Å²) in [5, 5.41) is 4.06. The molecule has 1 unspecified atom stereocenters. The van der Waals surface area contributed by atoms with E-state index in [9.17, 15) is 8.78 Å². The molecule has 1 atom stereocenters. The molecule has 0 saturated heterocycles. The van der Waals surface area contributed by atoms with E-state index in [4.69, 9.17) is 11.6 Å². The van der Waals surface area contributed by atoms with Gasteiger partial charge in [-0.3, -0.25) is 0 Å². The average Bonchev–Trinajstić information content (AvgIpc) is 2.47. The van der Waals surface area contributed by atoms with Gasteiger partial charge in [-0.2, -0.15) is 8.78 Å². The van der Waals surface area contributed by atoms with Crippen LogP contribution in [-0.2, 0) is 0 Å². The molecule has 0 saturated carbocycles. The Kier molecular flexibility index (Phi) is 5.39. The Balaban J connectivity index is 2.06. The SMILES string of the molecule is CCC(Nc1ccc(OC(F)F)cc1)c1ccc(Cl)cc1. The molecule has 0 aliphatic rings. The van der Waals surface area contributed by atoms with Crippen molar-refractivity contribution < 1.29 is 13.5 Å². The number of alkyl halides is 2. The standard InChI is InChI=1S/C16H16ClF2NO/c1-2-15(11-3-5-12(17)6-4-11)20-13-7-9-14(10-8-13)21-16(18)19/h3-10,15-16,20H,2H2,1H3. The van der Waals surface area contributed by atoms with E-state index < -0.39 is 6.61 Å². The van der Waals surface area contributed by atoms with E-state index in [1.165, 1.54) is 12.1 Å². The number of ether oxygens (including phenoxy) is 1. The number of hydrogen-bond donors (Lipinski definition) is 1. The maximum Gasteiger partial charge on any atom is 0.387 e. The lowest BCUT2D eigenvalue weighted by Crippen LogP contribution is -2.09. The largest absolute Gasteiger partial charge is 0.435 e. The quantitative estimate of drug-likeness (QED) is 0.760. The Bertz CT molecular complexity index is 557. The van der Waals surface area contributed by atoms with E-state index in [1.54, 1.807) is 12.1 Å². The van der Waals surface area contributed by atoms with Gasteiger partial charge in [0.1, 0.15) is 5.75 Å². The molecule has 0 amide bonds. The van der Waals surface area contributed by atoms with E-state index in [0.717, 1.165) is 17.7 Å². The summed E-state index contributed by atoms with van der Waals surface area (Å²) in [7, 11) is 0. The third-order valence-corrected chi connectivity index (χ3v) is 3.35. The van der Waals surface area contributed by atoms with Gasteiger partial charge in [0, 0.05) is 10.7 Å². The summed E-state index contributed by atoms with van der Waals surface area (Å²) in [6, 6.07) is 14.2. The normalized spacial score (nSPS) is 12.2. The third kappa shape index (κ3) is 4.60. The van der Waals surface area contributed by atoms with Crippen LogP contribution in [0.1, 0.15) is 24.9 Å². The molecule has 2 nitrogen and oxygen atoms in total. The second kappa shape index (κ2) is 7.27. The molecule has 0 heterocycles. The number of halogens is 3. The first-order valence-corrected chi connectivity index (χ1v) is 7.03. The summed E-state index contributed by atoms with van der Waals surface area (Å²) in [5.74, 6) is 0.148. The molecule has 0 aliphatic heterocycles. The van der Waals surface area contributed by atoms with Crippen LogP contribution in [-0.4, -0.2) is 6.61 Å². The van der Waals surface area contributed by atoms with E-state index in [2.05, 4.69) is 17.0 Å². The van der Waals surface area contributed by atoms with Gasteiger partial charge in [0.15, 0.2) is 0 Å². The Labute approximate surface area is 127 Å². The van der Waals surface area contributed by atoms with Gasteiger partial charge < -0.3 is 10.1 Å². The molecule has 2 rings (SSSR count). The maximum atomic E-state index is 12.1. The van der Waals surface area contributed by atoms with Crippen LogP contribution in [0.5, 0.6) is 5.75 Å². The van der Waals surface area contributed by atoms with Crippen LogP contribution in [0.2, 0.25) is 5.02 Å². The topological polar surface area (TPSA) is 21.3 Å². The molecule has 0 aliphatic carbocycles. The Morgan fingerprint density at radius 2 is 1.67 bits per heavy atom. The molecule has 0 aromatic heterocycles. The minimum absolute atomic E-state index is 0.129. The number of benzene rings is 2. The molecule has 112 valence electrons. The van der Waals surface area contributed by atoms with Crippen molar-refractivity contribution in [2.75, 3.05) is 5.32 Å². The molecule has 0 spiro atoms. The number of nitrogens with one attached hydrogen (secondary N) is 1. The van der Waals surface area contributed by atoms with E-state index in [-0.39, 0.29) is 11.8 Å². The highest BCUT2D eigenvalue weighted by atomic mass is 35.5. The van der Waals surface area contributed by atoms with Crippen molar-refractivity contribution in [2.24, 2.45) is 0 Å². The molecule has 5 heteroatoms. The van der Waals surface area contributed by atoms with Crippen LogP contribution in [0, 0.1) is 0 Å². The summed E-state index contributed by atoms with van der Waals surface area (Å²) >= 11 is 5.88. The molecule has 0 fully saturated rings. The van der Waals surface area contributed by atoms with Gasteiger partial charge in [0.25, 0.3) is 0 Å². The fraction of sp³-hybridized carbons (Fsp3) is 0.250. The molecule has 2 aromatic carbocycles. The number of hydrogen-bond acceptors (Lipinski definition) is 2. The van der Waals surface area contributed by atoms with Crippen LogP contribution in [0.25, 0.3) is 0 Å². The van der Waals surface area contributed by atoms with Crippen LogP contribution < -0.4 is 10.1 Å². The van der Waals surface area contributed by atoms with Gasteiger partial charge in [-0.25, -0.2) is 0 Å². The zero-order valence-electron chi connectivity index (χ0n) is 11.5. The zero-order valence-corrected chi connectivity index (χ0v) is 12.3.